The van der Waals surface area contributed by atoms with Gasteiger partial charge in [-0.3, -0.25) is 4.79 Å². The van der Waals surface area contributed by atoms with E-state index in [0.717, 1.165) is 5.56 Å². The smallest absolute Gasteiger partial charge is 0.339 e. The molecule has 0 aliphatic carbocycles. The molecule has 0 atom stereocenters. The van der Waals surface area contributed by atoms with Gasteiger partial charge in [0.15, 0.2) is 0 Å². The second-order valence-corrected chi connectivity index (χ2v) is 5.73. The lowest BCUT2D eigenvalue weighted by Crippen LogP contribution is -2.18. The highest BCUT2D eigenvalue weighted by atomic mass is 16.5. The second kappa shape index (κ2) is 7.59. The van der Waals surface area contributed by atoms with Gasteiger partial charge in [-0.25, -0.2) is 9.78 Å². The lowest BCUT2D eigenvalue weighted by molar-refractivity contribution is 0.0600. The summed E-state index contributed by atoms with van der Waals surface area (Å²) in [5.41, 5.74) is 2.30. The summed E-state index contributed by atoms with van der Waals surface area (Å²) in [5.74, 6) is -0.284. The third-order valence-corrected chi connectivity index (χ3v) is 3.30. The van der Waals surface area contributed by atoms with Crippen LogP contribution in [0.3, 0.4) is 0 Å². The fourth-order valence-electron chi connectivity index (χ4n) is 2.08. The Morgan fingerprint density at radius 2 is 1.79 bits per heavy atom. The standard InChI is InChI=1S/C18H21N3O3/c1-11(2)20-16-15(9-14(10-19-16)18(23)24-4)21-17(22)13-7-5-12(3)6-8-13/h5-11H,1-4H3,(H,19,20)(H,21,22). The van der Waals surface area contributed by atoms with E-state index in [-0.39, 0.29) is 17.5 Å². The van der Waals surface area contributed by atoms with Crippen LogP contribution >= 0.6 is 0 Å². The maximum atomic E-state index is 12.4. The van der Waals surface area contributed by atoms with E-state index in [1.165, 1.54) is 13.3 Å². The number of hydrogen-bond donors (Lipinski definition) is 2. The Morgan fingerprint density at radius 1 is 1.12 bits per heavy atom. The van der Waals surface area contributed by atoms with E-state index in [1.54, 1.807) is 18.2 Å². The molecule has 0 unspecified atom stereocenters. The number of ether oxygens (including phenoxy) is 1. The highest BCUT2D eigenvalue weighted by molar-refractivity contribution is 6.06. The summed E-state index contributed by atoms with van der Waals surface area (Å²) in [6, 6.07) is 8.90. The highest BCUT2D eigenvalue weighted by Crippen LogP contribution is 2.22. The van der Waals surface area contributed by atoms with Crippen molar-refractivity contribution in [1.29, 1.82) is 0 Å². The molecule has 1 heterocycles. The van der Waals surface area contributed by atoms with Gasteiger partial charge in [-0.15, -0.1) is 0 Å². The van der Waals surface area contributed by atoms with Crippen molar-refractivity contribution in [3.05, 3.63) is 53.2 Å². The lowest BCUT2D eigenvalue weighted by atomic mass is 10.1. The number of benzene rings is 1. The number of methoxy groups -OCH3 is 1. The van der Waals surface area contributed by atoms with Crippen LogP contribution in [-0.4, -0.2) is 30.0 Å². The van der Waals surface area contributed by atoms with Crippen molar-refractivity contribution in [2.45, 2.75) is 26.8 Å². The molecule has 0 fully saturated rings. The van der Waals surface area contributed by atoms with Crippen molar-refractivity contribution in [2.75, 3.05) is 17.7 Å². The number of rotatable bonds is 5. The zero-order valence-corrected chi connectivity index (χ0v) is 14.2. The van der Waals surface area contributed by atoms with Gasteiger partial charge in [0.2, 0.25) is 0 Å². The van der Waals surface area contributed by atoms with Crippen LogP contribution in [0.1, 0.15) is 40.1 Å². The van der Waals surface area contributed by atoms with Gasteiger partial charge in [-0.2, -0.15) is 0 Å². The molecular formula is C18H21N3O3. The van der Waals surface area contributed by atoms with Crippen LogP contribution in [-0.2, 0) is 4.74 Å². The van der Waals surface area contributed by atoms with E-state index < -0.39 is 5.97 Å². The number of carbonyl (C=O) groups is 2. The van der Waals surface area contributed by atoms with Gasteiger partial charge in [-0.05, 0) is 39.0 Å². The molecule has 1 aromatic carbocycles. The Balaban J connectivity index is 2.32. The van der Waals surface area contributed by atoms with E-state index in [2.05, 4.69) is 15.6 Å². The topological polar surface area (TPSA) is 80.3 Å². The predicted molar refractivity (Wildman–Crippen MR) is 93.5 cm³/mol. The average Bonchev–Trinajstić information content (AvgIpc) is 2.55. The van der Waals surface area contributed by atoms with Gasteiger partial charge in [-0.1, -0.05) is 17.7 Å². The largest absolute Gasteiger partial charge is 0.465 e. The van der Waals surface area contributed by atoms with Gasteiger partial charge in [0.1, 0.15) is 5.82 Å². The van der Waals surface area contributed by atoms with Crippen LogP contribution in [0.25, 0.3) is 0 Å². The minimum atomic E-state index is -0.510. The van der Waals surface area contributed by atoms with Gasteiger partial charge in [0.05, 0.1) is 18.4 Å². The number of nitrogens with one attached hydrogen (secondary N) is 2. The highest BCUT2D eigenvalue weighted by Gasteiger charge is 2.15. The van der Waals surface area contributed by atoms with Crippen molar-refractivity contribution in [3.63, 3.8) is 0 Å². The molecule has 6 nitrogen and oxygen atoms in total. The first kappa shape index (κ1) is 17.5. The Hall–Kier alpha value is -2.89. The summed E-state index contributed by atoms with van der Waals surface area (Å²) in [4.78, 5) is 28.4. The summed E-state index contributed by atoms with van der Waals surface area (Å²) in [6.07, 6.45) is 1.41. The molecule has 0 aliphatic rings. The average molecular weight is 327 g/mol. The first-order valence-electron chi connectivity index (χ1n) is 7.63. The molecule has 0 spiro atoms. The Labute approximate surface area is 141 Å². The Morgan fingerprint density at radius 3 is 2.38 bits per heavy atom. The van der Waals surface area contributed by atoms with E-state index >= 15 is 0 Å². The molecule has 0 aliphatic heterocycles. The van der Waals surface area contributed by atoms with Crippen molar-refractivity contribution >= 4 is 23.4 Å². The maximum absolute atomic E-state index is 12.4. The summed E-state index contributed by atoms with van der Waals surface area (Å²) < 4.78 is 4.70. The molecule has 2 rings (SSSR count). The van der Waals surface area contributed by atoms with E-state index in [1.807, 2.05) is 32.9 Å². The van der Waals surface area contributed by atoms with Gasteiger partial charge in [0, 0.05) is 17.8 Å². The van der Waals surface area contributed by atoms with Crippen molar-refractivity contribution in [1.82, 2.24) is 4.98 Å². The molecular weight excluding hydrogens is 306 g/mol. The zero-order valence-electron chi connectivity index (χ0n) is 14.2. The van der Waals surface area contributed by atoms with Crippen molar-refractivity contribution in [2.24, 2.45) is 0 Å². The fraction of sp³-hybridized carbons (Fsp3) is 0.278. The molecule has 1 amide bonds. The molecule has 0 saturated heterocycles. The fourth-order valence-corrected chi connectivity index (χ4v) is 2.08. The first-order chi connectivity index (χ1) is 11.4. The molecule has 0 saturated carbocycles. The molecule has 126 valence electrons. The van der Waals surface area contributed by atoms with Crippen LogP contribution in [0.4, 0.5) is 11.5 Å². The van der Waals surface area contributed by atoms with Crippen LogP contribution in [0.15, 0.2) is 36.5 Å². The number of hydrogen-bond acceptors (Lipinski definition) is 5. The summed E-state index contributed by atoms with van der Waals surface area (Å²) >= 11 is 0. The number of nitrogens with zero attached hydrogens (tertiary/aromatic N) is 1. The Bertz CT molecular complexity index is 740. The molecule has 6 heteroatoms. The SMILES string of the molecule is COC(=O)c1cnc(NC(C)C)c(NC(=O)c2ccc(C)cc2)c1. The molecule has 1 aromatic heterocycles. The van der Waals surface area contributed by atoms with Crippen molar-refractivity contribution in [3.8, 4) is 0 Å². The van der Waals surface area contributed by atoms with Gasteiger partial charge >= 0.3 is 5.97 Å². The Kier molecular flexibility index (Phi) is 5.52. The summed E-state index contributed by atoms with van der Waals surface area (Å²) in [5, 5.41) is 5.94. The monoisotopic (exact) mass is 327 g/mol. The third kappa shape index (κ3) is 4.32. The molecule has 0 radical (unpaired) electrons. The third-order valence-electron chi connectivity index (χ3n) is 3.30. The van der Waals surface area contributed by atoms with E-state index in [4.69, 9.17) is 4.74 Å². The molecule has 0 bridgehead atoms. The normalized spacial score (nSPS) is 10.4. The molecule has 24 heavy (non-hydrogen) atoms. The molecule has 2 N–H and O–H groups in total. The van der Waals surface area contributed by atoms with Crippen LogP contribution in [0.5, 0.6) is 0 Å². The number of aryl methyl sites for hydroxylation is 1. The van der Waals surface area contributed by atoms with E-state index in [0.29, 0.717) is 17.1 Å². The second-order valence-electron chi connectivity index (χ2n) is 5.73. The summed E-state index contributed by atoms with van der Waals surface area (Å²) in [7, 11) is 1.30. The van der Waals surface area contributed by atoms with Crippen LogP contribution in [0.2, 0.25) is 0 Å². The first-order valence-corrected chi connectivity index (χ1v) is 7.63. The van der Waals surface area contributed by atoms with Crippen LogP contribution < -0.4 is 10.6 Å². The minimum Gasteiger partial charge on any atom is -0.465 e. The van der Waals surface area contributed by atoms with Gasteiger partial charge < -0.3 is 15.4 Å². The molecule has 2 aromatic rings. The lowest BCUT2D eigenvalue weighted by Gasteiger charge is -2.15. The number of pyridine rings is 1. The number of amides is 1. The number of anilines is 2. The number of carbonyl (C=O) groups excluding carboxylic acids is 2. The minimum absolute atomic E-state index is 0.122. The summed E-state index contributed by atoms with van der Waals surface area (Å²) in [6.45, 7) is 5.87. The van der Waals surface area contributed by atoms with Crippen molar-refractivity contribution < 1.29 is 14.3 Å². The quantitative estimate of drug-likeness (QED) is 0.824. The zero-order chi connectivity index (χ0) is 17.7. The number of aromatic nitrogens is 1. The van der Waals surface area contributed by atoms with E-state index in [9.17, 15) is 9.59 Å². The van der Waals surface area contributed by atoms with Crippen LogP contribution in [0, 0.1) is 6.92 Å². The predicted octanol–water partition coefficient (Wildman–Crippen LogP) is 3.25. The van der Waals surface area contributed by atoms with Gasteiger partial charge in [0.25, 0.3) is 5.91 Å². The maximum Gasteiger partial charge on any atom is 0.339 e. The number of esters is 1.